The SMILES string of the molecule is Cc1cn(CCCCC(NC(=O)OCc2ccccc2)C(=O)O)c(=O)nc1NCCNc1ccccn1. The maximum absolute atomic E-state index is 12.4. The fraction of sp³-hybridized carbons (Fsp3) is 0.346. The number of ether oxygens (including phenoxy) is 1. The van der Waals surface area contributed by atoms with Gasteiger partial charge in [-0.2, -0.15) is 4.98 Å². The molecule has 0 aliphatic rings. The van der Waals surface area contributed by atoms with Gasteiger partial charge in [-0.3, -0.25) is 4.57 Å². The fourth-order valence-electron chi connectivity index (χ4n) is 3.57. The van der Waals surface area contributed by atoms with Gasteiger partial charge in [-0.25, -0.2) is 19.4 Å². The minimum Gasteiger partial charge on any atom is -0.480 e. The van der Waals surface area contributed by atoms with Crippen LogP contribution in [0.4, 0.5) is 16.4 Å². The molecule has 11 heteroatoms. The Balaban J connectivity index is 1.40. The summed E-state index contributed by atoms with van der Waals surface area (Å²) in [5.74, 6) is 0.154. The summed E-state index contributed by atoms with van der Waals surface area (Å²) in [6.45, 7) is 3.48. The van der Waals surface area contributed by atoms with Crippen LogP contribution in [0.5, 0.6) is 0 Å². The molecule has 0 aliphatic heterocycles. The summed E-state index contributed by atoms with van der Waals surface area (Å²) in [4.78, 5) is 44.3. The predicted octanol–water partition coefficient (Wildman–Crippen LogP) is 3.02. The minimum atomic E-state index is -1.14. The van der Waals surface area contributed by atoms with E-state index in [2.05, 4.69) is 25.9 Å². The van der Waals surface area contributed by atoms with Gasteiger partial charge in [-0.15, -0.1) is 0 Å². The lowest BCUT2D eigenvalue weighted by Crippen LogP contribution is -2.41. The molecule has 0 saturated heterocycles. The highest BCUT2D eigenvalue weighted by molar-refractivity contribution is 5.79. The number of nitrogens with zero attached hydrogens (tertiary/aromatic N) is 3. The van der Waals surface area contributed by atoms with Crippen molar-refractivity contribution in [3.63, 3.8) is 0 Å². The van der Waals surface area contributed by atoms with Gasteiger partial charge in [-0.1, -0.05) is 36.4 Å². The largest absolute Gasteiger partial charge is 0.480 e. The van der Waals surface area contributed by atoms with E-state index in [0.29, 0.717) is 38.3 Å². The Morgan fingerprint density at radius 1 is 1.05 bits per heavy atom. The summed E-state index contributed by atoms with van der Waals surface area (Å²) < 4.78 is 6.61. The third kappa shape index (κ3) is 9.28. The van der Waals surface area contributed by atoms with Crippen LogP contribution in [-0.4, -0.2) is 50.8 Å². The van der Waals surface area contributed by atoms with Crippen LogP contribution in [0.25, 0.3) is 0 Å². The number of aromatic nitrogens is 3. The van der Waals surface area contributed by atoms with Gasteiger partial charge in [0.15, 0.2) is 0 Å². The van der Waals surface area contributed by atoms with E-state index in [0.717, 1.165) is 16.9 Å². The number of alkyl carbamates (subject to hydrolysis) is 1. The first-order valence-corrected chi connectivity index (χ1v) is 12.1. The highest BCUT2D eigenvalue weighted by atomic mass is 16.5. The summed E-state index contributed by atoms with van der Waals surface area (Å²) in [6, 6.07) is 13.7. The number of carboxylic acid groups (broad SMARTS) is 1. The summed E-state index contributed by atoms with van der Waals surface area (Å²) in [6.07, 6.45) is 3.90. The normalized spacial score (nSPS) is 11.4. The van der Waals surface area contributed by atoms with Gasteiger partial charge in [0.25, 0.3) is 0 Å². The Hall–Kier alpha value is -4.41. The van der Waals surface area contributed by atoms with Crippen LogP contribution in [0.15, 0.2) is 65.7 Å². The van der Waals surface area contributed by atoms with E-state index >= 15 is 0 Å². The van der Waals surface area contributed by atoms with Gasteiger partial charge in [0.05, 0.1) is 0 Å². The van der Waals surface area contributed by atoms with Crippen LogP contribution >= 0.6 is 0 Å². The zero-order chi connectivity index (χ0) is 26.5. The number of carboxylic acids is 1. The number of benzene rings is 1. The monoisotopic (exact) mass is 508 g/mol. The minimum absolute atomic E-state index is 0.0554. The second-order valence-electron chi connectivity index (χ2n) is 8.41. The lowest BCUT2D eigenvalue weighted by atomic mass is 10.1. The molecule has 37 heavy (non-hydrogen) atoms. The first-order chi connectivity index (χ1) is 17.9. The number of carbonyl (C=O) groups is 2. The molecule has 0 spiro atoms. The Kier molecular flexibility index (Phi) is 10.4. The quantitative estimate of drug-likeness (QED) is 0.241. The molecule has 196 valence electrons. The molecule has 0 aliphatic carbocycles. The van der Waals surface area contributed by atoms with Gasteiger partial charge in [0.1, 0.15) is 24.3 Å². The molecule has 3 aromatic rings. The molecule has 0 bridgehead atoms. The molecule has 1 atom stereocenters. The molecule has 3 rings (SSSR count). The van der Waals surface area contributed by atoms with E-state index in [1.54, 1.807) is 12.4 Å². The average molecular weight is 509 g/mol. The molecule has 1 aromatic carbocycles. The highest BCUT2D eigenvalue weighted by Gasteiger charge is 2.20. The summed E-state index contributed by atoms with van der Waals surface area (Å²) >= 11 is 0. The molecule has 4 N–H and O–H groups in total. The maximum Gasteiger partial charge on any atom is 0.408 e. The third-order valence-electron chi connectivity index (χ3n) is 5.51. The van der Waals surface area contributed by atoms with E-state index in [9.17, 15) is 19.5 Å². The van der Waals surface area contributed by atoms with Crippen LogP contribution in [0, 0.1) is 6.92 Å². The number of nitrogens with one attached hydrogen (secondary N) is 3. The van der Waals surface area contributed by atoms with Gasteiger partial charge in [0, 0.05) is 37.6 Å². The Bertz CT molecular complexity index is 1200. The number of anilines is 2. The zero-order valence-electron chi connectivity index (χ0n) is 20.7. The number of hydrogen-bond donors (Lipinski definition) is 4. The van der Waals surface area contributed by atoms with Crippen molar-refractivity contribution in [3.8, 4) is 0 Å². The van der Waals surface area contributed by atoms with E-state index in [1.807, 2.05) is 55.5 Å². The number of hydrogen-bond acceptors (Lipinski definition) is 8. The second kappa shape index (κ2) is 14.2. The van der Waals surface area contributed by atoms with Crippen molar-refractivity contribution >= 4 is 23.7 Å². The number of rotatable bonds is 14. The van der Waals surface area contributed by atoms with Crippen molar-refractivity contribution in [3.05, 3.63) is 82.5 Å². The Labute approximate surface area is 214 Å². The van der Waals surface area contributed by atoms with E-state index in [4.69, 9.17) is 4.74 Å². The average Bonchev–Trinajstić information content (AvgIpc) is 2.90. The number of carbonyl (C=O) groups excluding carboxylic acids is 1. The maximum atomic E-state index is 12.4. The fourth-order valence-corrected chi connectivity index (χ4v) is 3.57. The summed E-state index contributed by atoms with van der Waals surface area (Å²) in [7, 11) is 0. The number of pyridine rings is 1. The molecule has 1 unspecified atom stereocenters. The van der Waals surface area contributed by atoms with Gasteiger partial charge >= 0.3 is 17.8 Å². The molecule has 11 nitrogen and oxygen atoms in total. The standard InChI is InChI=1S/C26H32N6O5/c1-19-17-32(25(35)31-23(19)29-15-14-28-22-12-5-7-13-27-22)16-8-6-11-21(24(33)34)30-26(36)37-18-20-9-3-2-4-10-20/h2-5,7,9-10,12-13,17,21H,6,8,11,14-16,18H2,1H3,(H,27,28)(H,30,36)(H,33,34)(H,29,31,35). The molecule has 1 amide bonds. The Morgan fingerprint density at radius 2 is 1.81 bits per heavy atom. The predicted molar refractivity (Wildman–Crippen MR) is 139 cm³/mol. The van der Waals surface area contributed by atoms with Crippen molar-refractivity contribution < 1.29 is 19.4 Å². The molecule has 0 radical (unpaired) electrons. The van der Waals surface area contributed by atoms with Gasteiger partial charge < -0.3 is 25.8 Å². The molecule has 0 saturated carbocycles. The highest BCUT2D eigenvalue weighted by Crippen LogP contribution is 2.09. The van der Waals surface area contributed by atoms with Crippen LogP contribution in [0.3, 0.4) is 0 Å². The molecular weight excluding hydrogens is 476 g/mol. The van der Waals surface area contributed by atoms with Crippen LogP contribution < -0.4 is 21.6 Å². The third-order valence-corrected chi connectivity index (χ3v) is 5.51. The van der Waals surface area contributed by atoms with Crippen LogP contribution in [0.2, 0.25) is 0 Å². The van der Waals surface area contributed by atoms with Crippen molar-refractivity contribution in [1.29, 1.82) is 0 Å². The topological polar surface area (TPSA) is 147 Å². The number of aliphatic carboxylic acids is 1. The van der Waals surface area contributed by atoms with Gasteiger partial charge in [-0.05, 0) is 43.9 Å². The number of aryl methyl sites for hydroxylation is 2. The lowest BCUT2D eigenvalue weighted by Gasteiger charge is -2.15. The smallest absolute Gasteiger partial charge is 0.408 e. The molecule has 0 fully saturated rings. The number of unbranched alkanes of at least 4 members (excludes halogenated alkanes) is 1. The van der Waals surface area contributed by atoms with Crippen molar-refractivity contribution in [2.24, 2.45) is 0 Å². The zero-order valence-corrected chi connectivity index (χ0v) is 20.7. The Morgan fingerprint density at radius 3 is 2.54 bits per heavy atom. The van der Waals surface area contributed by atoms with Crippen molar-refractivity contribution in [2.75, 3.05) is 23.7 Å². The lowest BCUT2D eigenvalue weighted by molar-refractivity contribution is -0.139. The van der Waals surface area contributed by atoms with E-state index < -0.39 is 18.1 Å². The van der Waals surface area contributed by atoms with Crippen LogP contribution in [-0.2, 0) is 22.7 Å². The van der Waals surface area contributed by atoms with Crippen LogP contribution in [0.1, 0.15) is 30.4 Å². The molecule has 2 heterocycles. The van der Waals surface area contributed by atoms with Crippen molar-refractivity contribution in [2.45, 2.75) is 45.4 Å². The van der Waals surface area contributed by atoms with Crippen molar-refractivity contribution in [1.82, 2.24) is 19.9 Å². The first-order valence-electron chi connectivity index (χ1n) is 12.1. The summed E-state index contributed by atoms with van der Waals surface area (Å²) in [5, 5.41) is 18.2. The summed E-state index contributed by atoms with van der Waals surface area (Å²) in [5.41, 5.74) is 1.24. The second-order valence-corrected chi connectivity index (χ2v) is 8.41. The van der Waals surface area contributed by atoms with Gasteiger partial charge in [0.2, 0.25) is 0 Å². The molecule has 2 aromatic heterocycles. The first kappa shape index (κ1) is 27.2. The number of amides is 1. The molecular formula is C26H32N6O5. The van der Waals surface area contributed by atoms with E-state index in [-0.39, 0.29) is 18.7 Å². The van der Waals surface area contributed by atoms with E-state index in [1.165, 1.54) is 4.57 Å².